The molecule has 3 rings (SSSR count). The summed E-state index contributed by atoms with van der Waals surface area (Å²) in [6.45, 7) is -0.401. The molecule has 27 heavy (non-hydrogen) atoms. The minimum absolute atomic E-state index is 0.200. The molecule has 0 saturated heterocycles. The summed E-state index contributed by atoms with van der Waals surface area (Å²) < 4.78 is 5.29. The fourth-order valence-electron chi connectivity index (χ4n) is 2.32. The molecule has 1 aromatic heterocycles. The second-order valence-electron chi connectivity index (χ2n) is 5.60. The number of rotatable bonds is 7. The number of hydrazone groups is 1. The summed E-state index contributed by atoms with van der Waals surface area (Å²) >= 11 is 5.77. The van der Waals surface area contributed by atoms with Gasteiger partial charge in [-0.25, -0.2) is 5.43 Å². The van der Waals surface area contributed by atoms with Crippen molar-refractivity contribution in [1.82, 2.24) is 15.7 Å². The molecule has 0 spiro atoms. The summed E-state index contributed by atoms with van der Waals surface area (Å²) in [5, 5.41) is 7.94. The molecule has 0 aliphatic rings. The maximum Gasteiger partial charge on any atom is 0.259 e. The molecular weight excluding hydrogens is 368 g/mol. The Bertz CT molecular complexity index is 967. The van der Waals surface area contributed by atoms with Crippen molar-refractivity contribution >= 4 is 40.5 Å². The van der Waals surface area contributed by atoms with Gasteiger partial charge in [0, 0.05) is 27.7 Å². The van der Waals surface area contributed by atoms with Crippen molar-refractivity contribution in [1.29, 1.82) is 0 Å². The smallest absolute Gasteiger partial charge is 0.259 e. The highest BCUT2D eigenvalue weighted by Crippen LogP contribution is 2.16. The Morgan fingerprint density at radius 2 is 1.89 bits per heavy atom. The summed E-state index contributed by atoms with van der Waals surface area (Å²) in [6.07, 6.45) is 3.35. The molecule has 0 saturated carbocycles. The Hall–Kier alpha value is -3.32. The van der Waals surface area contributed by atoms with Gasteiger partial charge in [-0.3, -0.25) is 9.59 Å². The fraction of sp³-hybridized carbons (Fsp3) is 0.105. The molecule has 0 aliphatic heterocycles. The van der Waals surface area contributed by atoms with Crippen LogP contribution in [0.3, 0.4) is 0 Å². The van der Waals surface area contributed by atoms with Crippen LogP contribution in [0, 0.1) is 0 Å². The van der Waals surface area contributed by atoms with Crippen LogP contribution in [0.1, 0.15) is 5.56 Å². The van der Waals surface area contributed by atoms with Gasteiger partial charge < -0.3 is 15.0 Å². The zero-order valence-corrected chi connectivity index (χ0v) is 15.0. The van der Waals surface area contributed by atoms with E-state index >= 15 is 0 Å². The van der Waals surface area contributed by atoms with Crippen LogP contribution in [-0.4, -0.2) is 36.2 Å². The molecule has 0 bridgehead atoms. The standard InChI is InChI=1S/C19H17ClN4O3/c20-14-5-7-15(8-6-14)27-12-19(26)22-11-18(25)24-23-10-13-9-21-17-4-2-1-3-16(13)17/h1-10,21H,11-12H2,(H,22,26)(H,24,25)/b23-10+. The third-order valence-corrected chi connectivity index (χ3v) is 3.90. The lowest BCUT2D eigenvalue weighted by molar-refractivity contribution is -0.127. The summed E-state index contributed by atoms with van der Waals surface area (Å²) in [5.74, 6) is -0.339. The van der Waals surface area contributed by atoms with Crippen LogP contribution in [0.5, 0.6) is 5.75 Å². The maximum atomic E-state index is 11.7. The summed E-state index contributed by atoms with van der Waals surface area (Å²) in [4.78, 5) is 26.6. The van der Waals surface area contributed by atoms with E-state index in [-0.39, 0.29) is 13.2 Å². The number of para-hydroxylation sites is 1. The van der Waals surface area contributed by atoms with Crippen molar-refractivity contribution in [2.24, 2.45) is 5.10 Å². The highest BCUT2D eigenvalue weighted by molar-refractivity contribution is 6.30. The van der Waals surface area contributed by atoms with Crippen LogP contribution in [0.15, 0.2) is 59.8 Å². The van der Waals surface area contributed by atoms with E-state index in [9.17, 15) is 9.59 Å². The zero-order chi connectivity index (χ0) is 19.1. The number of hydrogen-bond acceptors (Lipinski definition) is 4. The van der Waals surface area contributed by atoms with E-state index < -0.39 is 11.8 Å². The first-order valence-corrected chi connectivity index (χ1v) is 8.53. The minimum Gasteiger partial charge on any atom is -0.484 e. The number of carbonyl (C=O) groups excluding carboxylic acids is 2. The first-order valence-electron chi connectivity index (χ1n) is 8.15. The van der Waals surface area contributed by atoms with Crippen molar-refractivity contribution in [3.8, 4) is 5.75 Å². The van der Waals surface area contributed by atoms with Crippen LogP contribution in [0.25, 0.3) is 10.9 Å². The number of halogens is 1. The molecule has 0 unspecified atom stereocenters. The van der Waals surface area contributed by atoms with E-state index in [1.807, 2.05) is 24.3 Å². The van der Waals surface area contributed by atoms with Gasteiger partial charge in [0.1, 0.15) is 5.75 Å². The second-order valence-corrected chi connectivity index (χ2v) is 6.04. The van der Waals surface area contributed by atoms with Gasteiger partial charge in [-0.2, -0.15) is 5.10 Å². The summed E-state index contributed by atoms with van der Waals surface area (Å²) in [7, 11) is 0. The Morgan fingerprint density at radius 3 is 2.70 bits per heavy atom. The fourth-order valence-corrected chi connectivity index (χ4v) is 2.45. The van der Waals surface area contributed by atoms with Crippen molar-refractivity contribution < 1.29 is 14.3 Å². The van der Waals surface area contributed by atoms with Gasteiger partial charge in [-0.05, 0) is 30.3 Å². The number of aromatic amines is 1. The molecule has 3 N–H and O–H groups in total. The number of ether oxygens (including phenoxy) is 1. The molecule has 2 amide bonds. The number of H-pyrrole nitrogens is 1. The Labute approximate surface area is 160 Å². The Kier molecular flexibility index (Phi) is 6.06. The largest absolute Gasteiger partial charge is 0.484 e. The van der Waals surface area contributed by atoms with Crippen LogP contribution >= 0.6 is 11.6 Å². The molecule has 7 nitrogen and oxygen atoms in total. The van der Waals surface area contributed by atoms with Gasteiger partial charge >= 0.3 is 0 Å². The monoisotopic (exact) mass is 384 g/mol. The van der Waals surface area contributed by atoms with Crippen LogP contribution in [0.2, 0.25) is 5.02 Å². The van der Waals surface area contributed by atoms with Gasteiger partial charge in [0.05, 0.1) is 12.8 Å². The lowest BCUT2D eigenvalue weighted by atomic mass is 10.2. The second kappa shape index (κ2) is 8.86. The normalized spacial score (nSPS) is 10.9. The van der Waals surface area contributed by atoms with Crippen molar-refractivity contribution in [3.05, 3.63) is 65.3 Å². The molecule has 0 radical (unpaired) electrons. The summed E-state index contributed by atoms with van der Waals surface area (Å²) in [6, 6.07) is 14.4. The third-order valence-electron chi connectivity index (χ3n) is 3.64. The molecule has 2 aromatic carbocycles. The van der Waals surface area contributed by atoms with Gasteiger partial charge in [0.2, 0.25) is 0 Å². The van der Waals surface area contributed by atoms with E-state index in [2.05, 4.69) is 20.8 Å². The highest BCUT2D eigenvalue weighted by atomic mass is 35.5. The molecule has 138 valence electrons. The first kappa shape index (κ1) is 18.5. The molecular formula is C19H17ClN4O3. The molecule has 3 aromatic rings. The molecule has 0 aliphatic carbocycles. The number of carbonyl (C=O) groups is 2. The molecule has 0 atom stereocenters. The maximum absolute atomic E-state index is 11.7. The number of nitrogens with one attached hydrogen (secondary N) is 3. The number of nitrogens with zero attached hydrogens (tertiary/aromatic N) is 1. The zero-order valence-electron chi connectivity index (χ0n) is 14.2. The van der Waals surface area contributed by atoms with Crippen LogP contribution < -0.4 is 15.5 Å². The average molecular weight is 385 g/mol. The lowest BCUT2D eigenvalue weighted by Crippen LogP contribution is -2.37. The van der Waals surface area contributed by atoms with Crippen LogP contribution in [0.4, 0.5) is 0 Å². The predicted molar refractivity (Wildman–Crippen MR) is 104 cm³/mol. The van der Waals surface area contributed by atoms with Crippen molar-refractivity contribution in [2.75, 3.05) is 13.2 Å². The number of benzene rings is 2. The molecule has 8 heteroatoms. The van der Waals surface area contributed by atoms with Crippen molar-refractivity contribution in [3.63, 3.8) is 0 Å². The third kappa shape index (κ3) is 5.32. The Morgan fingerprint density at radius 1 is 1.11 bits per heavy atom. The number of aromatic nitrogens is 1. The van der Waals surface area contributed by atoms with E-state index in [4.69, 9.17) is 16.3 Å². The molecule has 0 fully saturated rings. The quantitative estimate of drug-likeness (QED) is 0.431. The Balaban J connectivity index is 1.40. The number of hydrogen-bond donors (Lipinski definition) is 3. The molecule has 1 heterocycles. The highest BCUT2D eigenvalue weighted by Gasteiger charge is 2.06. The first-order chi connectivity index (χ1) is 13.1. The van der Waals surface area contributed by atoms with Gasteiger partial charge in [0.25, 0.3) is 11.8 Å². The van der Waals surface area contributed by atoms with E-state index in [0.29, 0.717) is 10.8 Å². The lowest BCUT2D eigenvalue weighted by Gasteiger charge is -2.06. The van der Waals surface area contributed by atoms with Gasteiger partial charge in [-0.1, -0.05) is 29.8 Å². The van der Waals surface area contributed by atoms with Gasteiger partial charge in [0.15, 0.2) is 6.61 Å². The van der Waals surface area contributed by atoms with E-state index in [0.717, 1.165) is 16.5 Å². The number of amides is 2. The predicted octanol–water partition coefficient (Wildman–Crippen LogP) is 2.47. The van der Waals surface area contributed by atoms with Crippen LogP contribution in [-0.2, 0) is 9.59 Å². The number of fused-ring (bicyclic) bond motifs is 1. The minimum atomic E-state index is -0.439. The topological polar surface area (TPSA) is 95.6 Å². The van der Waals surface area contributed by atoms with Crippen molar-refractivity contribution in [2.45, 2.75) is 0 Å². The summed E-state index contributed by atoms with van der Waals surface area (Å²) in [5.41, 5.74) is 4.20. The average Bonchev–Trinajstić information content (AvgIpc) is 3.09. The van der Waals surface area contributed by atoms with Gasteiger partial charge in [-0.15, -0.1) is 0 Å². The van der Waals surface area contributed by atoms with E-state index in [1.165, 1.54) is 0 Å². The van der Waals surface area contributed by atoms with E-state index in [1.54, 1.807) is 36.7 Å². The SMILES string of the molecule is O=C(COc1ccc(Cl)cc1)NCC(=O)N/N=C/c1c[nH]c2ccccc12.